The van der Waals surface area contributed by atoms with Crippen LogP contribution in [0.25, 0.3) is 0 Å². The molecular formula is C17H28ClN3O. The molecule has 1 aliphatic heterocycles. The molecular weight excluding hydrogens is 298 g/mol. The summed E-state index contributed by atoms with van der Waals surface area (Å²) in [4.78, 5) is 6.91. The summed E-state index contributed by atoms with van der Waals surface area (Å²) in [6.07, 6.45) is 10.3. The summed E-state index contributed by atoms with van der Waals surface area (Å²) in [5, 5.41) is 3.70. The Morgan fingerprint density at radius 3 is 2.45 bits per heavy atom. The van der Waals surface area contributed by atoms with Crippen molar-refractivity contribution in [3.63, 3.8) is 0 Å². The van der Waals surface area contributed by atoms with E-state index in [9.17, 15) is 0 Å². The zero-order chi connectivity index (χ0) is 14.3. The first-order valence-electron chi connectivity index (χ1n) is 8.43. The number of hydrogen-bond donors (Lipinski definition) is 1. The molecule has 124 valence electrons. The first-order chi connectivity index (χ1) is 10.4. The third-order valence-corrected chi connectivity index (χ3v) is 4.59. The topological polar surface area (TPSA) is 37.4 Å². The van der Waals surface area contributed by atoms with Gasteiger partial charge in [-0.15, -0.1) is 12.4 Å². The van der Waals surface area contributed by atoms with Crippen LogP contribution in [0.15, 0.2) is 18.3 Å². The van der Waals surface area contributed by atoms with E-state index in [0.717, 1.165) is 38.7 Å². The minimum absolute atomic E-state index is 0. The summed E-state index contributed by atoms with van der Waals surface area (Å²) in [7, 11) is 0. The van der Waals surface area contributed by atoms with E-state index in [1.807, 2.05) is 6.20 Å². The van der Waals surface area contributed by atoms with Gasteiger partial charge in [0.05, 0.1) is 13.2 Å². The van der Waals surface area contributed by atoms with Crippen molar-refractivity contribution in [1.82, 2.24) is 10.3 Å². The van der Waals surface area contributed by atoms with Crippen LogP contribution in [0.3, 0.4) is 0 Å². The number of pyridine rings is 1. The average Bonchev–Trinajstić information content (AvgIpc) is 2.83. The Kier molecular flexibility index (Phi) is 7.43. The van der Waals surface area contributed by atoms with Crippen molar-refractivity contribution in [3.05, 3.63) is 23.9 Å². The Hall–Kier alpha value is -0.840. The lowest BCUT2D eigenvalue weighted by Crippen LogP contribution is -2.36. The highest BCUT2D eigenvalue weighted by Gasteiger charge is 2.13. The molecule has 3 rings (SSSR count). The highest BCUT2D eigenvalue weighted by atomic mass is 35.5. The lowest BCUT2D eigenvalue weighted by atomic mass is 10.1. The first kappa shape index (κ1) is 17.5. The molecule has 1 aliphatic carbocycles. The average molecular weight is 326 g/mol. The van der Waals surface area contributed by atoms with Crippen LogP contribution in [0.1, 0.15) is 44.1 Å². The van der Waals surface area contributed by atoms with Crippen molar-refractivity contribution in [2.45, 2.75) is 51.1 Å². The van der Waals surface area contributed by atoms with Gasteiger partial charge in [-0.2, -0.15) is 0 Å². The van der Waals surface area contributed by atoms with E-state index < -0.39 is 0 Å². The molecule has 0 atom stereocenters. The molecule has 1 aromatic heterocycles. The van der Waals surface area contributed by atoms with E-state index in [0.29, 0.717) is 6.04 Å². The molecule has 0 spiro atoms. The summed E-state index contributed by atoms with van der Waals surface area (Å²) < 4.78 is 5.38. The number of aromatic nitrogens is 1. The number of ether oxygens (including phenoxy) is 1. The van der Waals surface area contributed by atoms with Gasteiger partial charge in [-0.3, -0.25) is 0 Å². The van der Waals surface area contributed by atoms with Crippen LogP contribution in [0, 0.1) is 0 Å². The molecule has 0 bridgehead atoms. The SMILES string of the molecule is Cl.c1cc(N2CCOCC2)ncc1CNC1CCCCCC1. The number of nitrogens with one attached hydrogen (secondary N) is 1. The Balaban J connectivity index is 0.00000176. The van der Waals surface area contributed by atoms with Crippen molar-refractivity contribution in [2.75, 3.05) is 31.2 Å². The molecule has 22 heavy (non-hydrogen) atoms. The van der Waals surface area contributed by atoms with Crippen molar-refractivity contribution < 1.29 is 4.74 Å². The summed E-state index contributed by atoms with van der Waals surface area (Å²) in [6, 6.07) is 5.06. The van der Waals surface area contributed by atoms with Crippen LogP contribution in [-0.4, -0.2) is 37.3 Å². The maximum atomic E-state index is 5.38. The lowest BCUT2D eigenvalue weighted by Gasteiger charge is -2.27. The fourth-order valence-corrected chi connectivity index (χ4v) is 3.25. The fraction of sp³-hybridized carbons (Fsp3) is 0.706. The van der Waals surface area contributed by atoms with Crippen LogP contribution < -0.4 is 10.2 Å². The Morgan fingerprint density at radius 1 is 1.09 bits per heavy atom. The fourth-order valence-electron chi connectivity index (χ4n) is 3.25. The molecule has 1 aromatic rings. The van der Waals surface area contributed by atoms with Gasteiger partial charge in [0.15, 0.2) is 0 Å². The normalized spacial score (nSPS) is 20.3. The van der Waals surface area contributed by atoms with E-state index in [-0.39, 0.29) is 12.4 Å². The van der Waals surface area contributed by atoms with Gasteiger partial charge in [-0.05, 0) is 24.5 Å². The Bertz CT molecular complexity index is 412. The Labute approximate surface area is 140 Å². The predicted molar refractivity (Wildman–Crippen MR) is 92.8 cm³/mol. The molecule has 5 heteroatoms. The second-order valence-electron chi connectivity index (χ2n) is 6.19. The summed E-state index contributed by atoms with van der Waals surface area (Å²) in [5.74, 6) is 1.08. The van der Waals surface area contributed by atoms with Gasteiger partial charge in [0.2, 0.25) is 0 Å². The number of morpholine rings is 1. The molecule has 1 N–H and O–H groups in total. The number of nitrogens with zero attached hydrogens (tertiary/aromatic N) is 2. The van der Waals surface area contributed by atoms with Crippen molar-refractivity contribution in [2.24, 2.45) is 0 Å². The molecule has 0 unspecified atom stereocenters. The van der Waals surface area contributed by atoms with E-state index in [2.05, 4.69) is 27.3 Å². The molecule has 4 nitrogen and oxygen atoms in total. The van der Waals surface area contributed by atoms with E-state index >= 15 is 0 Å². The van der Waals surface area contributed by atoms with Gasteiger partial charge in [0, 0.05) is 31.9 Å². The maximum Gasteiger partial charge on any atom is 0.128 e. The van der Waals surface area contributed by atoms with Crippen molar-refractivity contribution in [1.29, 1.82) is 0 Å². The van der Waals surface area contributed by atoms with Gasteiger partial charge in [-0.25, -0.2) is 4.98 Å². The number of halogens is 1. The highest BCUT2D eigenvalue weighted by molar-refractivity contribution is 5.85. The monoisotopic (exact) mass is 325 g/mol. The number of anilines is 1. The van der Waals surface area contributed by atoms with E-state index in [4.69, 9.17) is 4.74 Å². The first-order valence-corrected chi connectivity index (χ1v) is 8.43. The highest BCUT2D eigenvalue weighted by Crippen LogP contribution is 2.18. The van der Waals surface area contributed by atoms with E-state index in [1.54, 1.807) is 0 Å². The van der Waals surface area contributed by atoms with Gasteiger partial charge in [0.25, 0.3) is 0 Å². The standard InChI is InChI=1S/C17H27N3O.ClH/c1-2-4-6-16(5-3-1)18-13-15-7-8-17(19-14-15)20-9-11-21-12-10-20;/h7-8,14,16,18H,1-6,9-13H2;1H. The molecule has 2 fully saturated rings. The van der Waals surface area contributed by atoms with Gasteiger partial charge in [0.1, 0.15) is 5.82 Å². The second-order valence-corrected chi connectivity index (χ2v) is 6.19. The molecule has 1 saturated heterocycles. The maximum absolute atomic E-state index is 5.38. The lowest BCUT2D eigenvalue weighted by molar-refractivity contribution is 0.122. The third-order valence-electron chi connectivity index (χ3n) is 4.59. The zero-order valence-corrected chi connectivity index (χ0v) is 14.1. The second kappa shape index (κ2) is 9.33. The van der Waals surface area contributed by atoms with Gasteiger partial charge >= 0.3 is 0 Å². The van der Waals surface area contributed by atoms with Gasteiger partial charge < -0.3 is 15.0 Å². The zero-order valence-electron chi connectivity index (χ0n) is 13.3. The molecule has 2 aliphatic rings. The minimum atomic E-state index is 0. The predicted octanol–water partition coefficient (Wildman–Crippen LogP) is 3.15. The molecule has 0 aromatic carbocycles. The summed E-state index contributed by atoms with van der Waals surface area (Å²) in [6.45, 7) is 4.47. The number of rotatable bonds is 4. The Morgan fingerprint density at radius 2 is 1.82 bits per heavy atom. The molecule has 0 amide bonds. The van der Waals surface area contributed by atoms with Crippen LogP contribution in [0.5, 0.6) is 0 Å². The quantitative estimate of drug-likeness (QED) is 0.863. The minimum Gasteiger partial charge on any atom is -0.378 e. The third kappa shape index (κ3) is 5.11. The molecule has 1 saturated carbocycles. The summed E-state index contributed by atoms with van der Waals surface area (Å²) in [5.41, 5.74) is 1.29. The molecule has 2 heterocycles. The molecule has 0 radical (unpaired) electrons. The van der Waals surface area contributed by atoms with Crippen molar-refractivity contribution in [3.8, 4) is 0 Å². The number of hydrogen-bond acceptors (Lipinski definition) is 4. The van der Waals surface area contributed by atoms with Crippen LogP contribution in [0.2, 0.25) is 0 Å². The van der Waals surface area contributed by atoms with Crippen molar-refractivity contribution >= 4 is 18.2 Å². The smallest absolute Gasteiger partial charge is 0.128 e. The van der Waals surface area contributed by atoms with Gasteiger partial charge in [-0.1, -0.05) is 31.7 Å². The van der Waals surface area contributed by atoms with E-state index in [1.165, 1.54) is 44.1 Å². The largest absolute Gasteiger partial charge is 0.378 e. The van der Waals surface area contributed by atoms with Crippen LogP contribution in [-0.2, 0) is 11.3 Å². The summed E-state index contributed by atoms with van der Waals surface area (Å²) >= 11 is 0. The van der Waals surface area contributed by atoms with Crippen LogP contribution >= 0.6 is 12.4 Å². The van der Waals surface area contributed by atoms with Crippen LogP contribution in [0.4, 0.5) is 5.82 Å².